The van der Waals surface area contributed by atoms with Crippen LogP contribution >= 0.6 is 0 Å². The van der Waals surface area contributed by atoms with E-state index in [0.29, 0.717) is 12.8 Å². The molecule has 1 aliphatic carbocycles. The number of aromatic nitrogens is 2. The highest BCUT2D eigenvalue weighted by Crippen LogP contribution is 2.38. The van der Waals surface area contributed by atoms with Gasteiger partial charge in [-0.05, 0) is 43.5 Å². The molecule has 0 spiro atoms. The van der Waals surface area contributed by atoms with Crippen molar-refractivity contribution in [2.24, 2.45) is 5.41 Å². The molecule has 0 aliphatic heterocycles. The zero-order valence-corrected chi connectivity index (χ0v) is 15.0. The lowest BCUT2D eigenvalue weighted by atomic mass is 9.91. The van der Waals surface area contributed by atoms with Gasteiger partial charge in [0.2, 0.25) is 10.0 Å². The summed E-state index contributed by atoms with van der Waals surface area (Å²) in [5, 5.41) is 13.6. The van der Waals surface area contributed by atoms with E-state index in [1.54, 1.807) is 10.9 Å². The lowest BCUT2D eigenvalue weighted by Crippen LogP contribution is -2.36. The molecule has 0 bridgehead atoms. The molecule has 1 N–H and O–H groups in total. The molecule has 6 nitrogen and oxygen atoms in total. The standard InChI is InChI=1S/C18H22N4O2S/c1-15(16-6-4-7-17(12-16)22-11-5-10-20-22)21-25(23,24)14-18(13-19)8-2-3-9-18/h4-7,10-12,15,21H,2-3,8-9,14H2,1H3. The molecule has 7 heteroatoms. The maximum Gasteiger partial charge on any atom is 0.213 e. The first-order valence-corrected chi connectivity index (χ1v) is 10.1. The van der Waals surface area contributed by atoms with Crippen molar-refractivity contribution in [2.45, 2.75) is 38.6 Å². The summed E-state index contributed by atoms with van der Waals surface area (Å²) in [5.41, 5.74) is 0.995. The van der Waals surface area contributed by atoms with Crippen LogP contribution in [0.4, 0.5) is 0 Å². The van der Waals surface area contributed by atoms with E-state index in [4.69, 9.17) is 0 Å². The molecule has 1 fully saturated rings. The average molecular weight is 358 g/mol. The van der Waals surface area contributed by atoms with Crippen LogP contribution in [0.25, 0.3) is 5.69 Å². The van der Waals surface area contributed by atoms with Gasteiger partial charge in [-0.15, -0.1) is 0 Å². The Bertz CT molecular complexity index is 863. The fraction of sp³-hybridized carbons (Fsp3) is 0.444. The molecule has 1 unspecified atom stereocenters. The van der Waals surface area contributed by atoms with Crippen LogP contribution in [0, 0.1) is 16.7 Å². The van der Waals surface area contributed by atoms with Crippen LogP contribution in [-0.4, -0.2) is 24.0 Å². The molecular formula is C18H22N4O2S. The third kappa shape index (κ3) is 4.09. The Morgan fingerprint density at radius 2 is 2.12 bits per heavy atom. The van der Waals surface area contributed by atoms with Crippen LogP contribution in [0.3, 0.4) is 0 Å². The highest BCUT2D eigenvalue weighted by Gasteiger charge is 2.38. The summed E-state index contributed by atoms with van der Waals surface area (Å²) >= 11 is 0. The monoisotopic (exact) mass is 358 g/mol. The van der Waals surface area contributed by atoms with Crippen molar-refractivity contribution in [3.8, 4) is 11.8 Å². The van der Waals surface area contributed by atoms with Gasteiger partial charge in [0.1, 0.15) is 0 Å². The van der Waals surface area contributed by atoms with Gasteiger partial charge in [0.15, 0.2) is 0 Å². The third-order valence-corrected chi connectivity index (χ3v) is 6.40. The fourth-order valence-corrected chi connectivity index (χ4v) is 5.28. The van der Waals surface area contributed by atoms with Crippen LogP contribution in [-0.2, 0) is 10.0 Å². The van der Waals surface area contributed by atoms with Crippen molar-refractivity contribution in [2.75, 3.05) is 5.75 Å². The van der Waals surface area contributed by atoms with Gasteiger partial charge in [-0.2, -0.15) is 10.4 Å². The number of benzene rings is 1. The Labute approximate surface area is 148 Å². The topological polar surface area (TPSA) is 87.8 Å². The molecular weight excluding hydrogens is 336 g/mol. The van der Waals surface area contributed by atoms with Gasteiger partial charge in [0.25, 0.3) is 0 Å². The average Bonchev–Trinajstić information content (AvgIpc) is 3.26. The highest BCUT2D eigenvalue weighted by molar-refractivity contribution is 7.89. The van der Waals surface area contributed by atoms with Gasteiger partial charge in [-0.3, -0.25) is 0 Å². The van der Waals surface area contributed by atoms with Crippen LogP contribution < -0.4 is 4.72 Å². The summed E-state index contributed by atoms with van der Waals surface area (Å²) < 4.78 is 29.6. The molecule has 0 saturated heterocycles. The molecule has 25 heavy (non-hydrogen) atoms. The van der Waals surface area contributed by atoms with E-state index < -0.39 is 15.4 Å². The number of sulfonamides is 1. The molecule has 2 aromatic rings. The van der Waals surface area contributed by atoms with Crippen molar-refractivity contribution in [1.29, 1.82) is 5.26 Å². The largest absolute Gasteiger partial charge is 0.241 e. The highest BCUT2D eigenvalue weighted by atomic mass is 32.2. The molecule has 0 radical (unpaired) electrons. The molecule has 3 rings (SSSR count). The third-order valence-electron chi connectivity index (χ3n) is 4.76. The molecule has 1 aromatic carbocycles. The lowest BCUT2D eigenvalue weighted by molar-refractivity contribution is 0.449. The lowest BCUT2D eigenvalue weighted by Gasteiger charge is -2.22. The van der Waals surface area contributed by atoms with Crippen molar-refractivity contribution >= 4 is 10.0 Å². The summed E-state index contributed by atoms with van der Waals surface area (Å²) in [6, 6.07) is 11.3. The number of nitriles is 1. The predicted octanol–water partition coefficient (Wildman–Crippen LogP) is 2.94. The van der Waals surface area contributed by atoms with E-state index in [1.807, 2.05) is 43.5 Å². The van der Waals surface area contributed by atoms with Crippen LogP contribution in [0.1, 0.15) is 44.2 Å². The number of hydrogen-bond donors (Lipinski definition) is 1. The second kappa shape index (κ2) is 6.98. The minimum absolute atomic E-state index is 0.125. The summed E-state index contributed by atoms with van der Waals surface area (Å²) in [4.78, 5) is 0. The van der Waals surface area contributed by atoms with Crippen molar-refractivity contribution in [3.05, 3.63) is 48.3 Å². The molecule has 132 valence electrons. The Hall–Kier alpha value is -2.17. The zero-order valence-electron chi connectivity index (χ0n) is 14.2. The Kier molecular flexibility index (Phi) is 4.93. The summed E-state index contributed by atoms with van der Waals surface area (Å²) in [6.07, 6.45) is 6.70. The first kappa shape index (κ1) is 17.6. The van der Waals surface area contributed by atoms with E-state index in [0.717, 1.165) is 24.1 Å². The Balaban J connectivity index is 1.74. The Morgan fingerprint density at radius 3 is 2.76 bits per heavy atom. The second-order valence-electron chi connectivity index (χ2n) is 6.74. The number of nitrogens with one attached hydrogen (secondary N) is 1. The first-order valence-electron chi connectivity index (χ1n) is 8.44. The minimum atomic E-state index is -3.54. The molecule has 1 aromatic heterocycles. The summed E-state index contributed by atoms with van der Waals surface area (Å²) in [5.74, 6) is -0.125. The summed E-state index contributed by atoms with van der Waals surface area (Å²) in [6.45, 7) is 1.81. The first-order chi connectivity index (χ1) is 11.9. The van der Waals surface area contributed by atoms with E-state index in [-0.39, 0.29) is 11.8 Å². The molecule has 1 aliphatic rings. The smallest absolute Gasteiger partial charge is 0.213 e. The minimum Gasteiger partial charge on any atom is -0.241 e. The van der Waals surface area contributed by atoms with Crippen LogP contribution in [0.15, 0.2) is 42.7 Å². The van der Waals surface area contributed by atoms with Gasteiger partial charge < -0.3 is 0 Å². The van der Waals surface area contributed by atoms with Gasteiger partial charge in [-0.1, -0.05) is 25.0 Å². The van der Waals surface area contributed by atoms with Gasteiger partial charge in [0.05, 0.1) is 22.9 Å². The Morgan fingerprint density at radius 1 is 1.36 bits per heavy atom. The summed E-state index contributed by atoms with van der Waals surface area (Å²) in [7, 11) is -3.54. The second-order valence-corrected chi connectivity index (χ2v) is 8.50. The molecule has 1 saturated carbocycles. The van der Waals surface area contributed by atoms with Crippen molar-refractivity contribution in [1.82, 2.24) is 14.5 Å². The maximum atomic E-state index is 12.6. The fourth-order valence-electron chi connectivity index (χ4n) is 3.44. The van der Waals surface area contributed by atoms with Crippen molar-refractivity contribution in [3.63, 3.8) is 0 Å². The van der Waals surface area contributed by atoms with E-state index >= 15 is 0 Å². The van der Waals surface area contributed by atoms with E-state index in [2.05, 4.69) is 15.9 Å². The molecule has 1 atom stereocenters. The van der Waals surface area contributed by atoms with Gasteiger partial charge in [-0.25, -0.2) is 17.8 Å². The SMILES string of the molecule is CC(NS(=O)(=O)CC1(C#N)CCCC1)c1cccc(-n2cccn2)c1. The van der Waals surface area contributed by atoms with Gasteiger partial charge >= 0.3 is 0 Å². The predicted molar refractivity (Wildman–Crippen MR) is 95.4 cm³/mol. The number of rotatable bonds is 6. The number of hydrogen-bond acceptors (Lipinski definition) is 4. The van der Waals surface area contributed by atoms with Crippen LogP contribution in [0.5, 0.6) is 0 Å². The quantitative estimate of drug-likeness (QED) is 0.860. The molecule has 0 amide bonds. The van der Waals surface area contributed by atoms with Gasteiger partial charge in [0, 0.05) is 18.4 Å². The van der Waals surface area contributed by atoms with E-state index in [1.165, 1.54) is 0 Å². The van der Waals surface area contributed by atoms with Crippen molar-refractivity contribution < 1.29 is 8.42 Å². The van der Waals surface area contributed by atoms with E-state index in [9.17, 15) is 13.7 Å². The maximum absolute atomic E-state index is 12.6. The normalized spacial score (nSPS) is 17.9. The zero-order chi connectivity index (χ0) is 17.9. The number of nitrogens with zero attached hydrogens (tertiary/aromatic N) is 3. The van der Waals surface area contributed by atoms with Crippen LogP contribution in [0.2, 0.25) is 0 Å². The molecule has 1 heterocycles.